The molecule has 3 heterocycles. The normalized spacial score (nSPS) is 18.9. The number of aromatic nitrogens is 1. The number of carbonyl (C=O) groups excluding carboxylic acids is 1. The summed E-state index contributed by atoms with van der Waals surface area (Å²) in [6.45, 7) is 5.01. The third kappa shape index (κ3) is 5.78. The van der Waals surface area contributed by atoms with E-state index < -0.39 is 10.0 Å². The van der Waals surface area contributed by atoms with Crippen molar-refractivity contribution in [1.29, 1.82) is 0 Å². The van der Waals surface area contributed by atoms with Gasteiger partial charge in [0.15, 0.2) is 0 Å². The van der Waals surface area contributed by atoms with Crippen molar-refractivity contribution in [2.75, 3.05) is 39.4 Å². The number of hydrogen-bond acceptors (Lipinski definition) is 5. The minimum Gasteiger partial charge on any atom is -0.379 e. The van der Waals surface area contributed by atoms with E-state index in [-0.39, 0.29) is 16.5 Å². The van der Waals surface area contributed by atoms with Gasteiger partial charge in [0.05, 0.1) is 13.2 Å². The number of ether oxygens (including phenoxy) is 1. The molecule has 0 saturated carbocycles. The van der Waals surface area contributed by atoms with Crippen LogP contribution in [0.15, 0.2) is 41.4 Å². The molecule has 0 unspecified atom stereocenters. The molecular formula is C23H32N4O4S. The molecule has 9 heteroatoms. The Bertz CT molecular complexity index is 1010. The molecule has 2 aliphatic heterocycles. The van der Waals surface area contributed by atoms with Gasteiger partial charge in [-0.25, -0.2) is 8.42 Å². The minimum absolute atomic E-state index is 0.101. The summed E-state index contributed by atoms with van der Waals surface area (Å²) in [7, 11) is -3.63. The molecule has 2 N–H and O–H groups in total. The van der Waals surface area contributed by atoms with E-state index in [1.807, 2.05) is 12.1 Å². The van der Waals surface area contributed by atoms with E-state index in [9.17, 15) is 13.2 Å². The summed E-state index contributed by atoms with van der Waals surface area (Å²) in [5.41, 5.74) is 2.51. The molecule has 4 rings (SSSR count). The highest BCUT2D eigenvalue weighted by molar-refractivity contribution is 7.89. The second-order valence-electron chi connectivity index (χ2n) is 8.46. The second kappa shape index (κ2) is 10.6. The molecule has 2 aromatic rings. The predicted molar refractivity (Wildman–Crippen MR) is 122 cm³/mol. The van der Waals surface area contributed by atoms with Gasteiger partial charge < -0.3 is 15.0 Å². The summed E-state index contributed by atoms with van der Waals surface area (Å²) in [4.78, 5) is 18.0. The van der Waals surface area contributed by atoms with Crippen molar-refractivity contribution in [3.63, 3.8) is 0 Å². The number of sulfonamides is 1. The van der Waals surface area contributed by atoms with Crippen molar-refractivity contribution in [3.8, 4) is 0 Å². The third-order valence-electron chi connectivity index (χ3n) is 6.06. The van der Waals surface area contributed by atoms with E-state index in [2.05, 4.69) is 27.3 Å². The zero-order valence-electron chi connectivity index (χ0n) is 18.4. The summed E-state index contributed by atoms with van der Waals surface area (Å²) < 4.78 is 32.1. The lowest BCUT2D eigenvalue weighted by molar-refractivity contribution is 0.0730. The molecule has 32 heavy (non-hydrogen) atoms. The Morgan fingerprint density at radius 3 is 2.47 bits per heavy atom. The number of likely N-dealkylation sites (tertiary alicyclic amines) is 1. The van der Waals surface area contributed by atoms with Gasteiger partial charge in [0, 0.05) is 32.4 Å². The molecule has 0 radical (unpaired) electrons. The van der Waals surface area contributed by atoms with Crippen LogP contribution in [0, 0.1) is 0 Å². The average Bonchev–Trinajstić information content (AvgIpc) is 3.19. The monoisotopic (exact) mass is 460 g/mol. The first kappa shape index (κ1) is 23.0. The number of aromatic amines is 1. The van der Waals surface area contributed by atoms with Gasteiger partial charge >= 0.3 is 0 Å². The fourth-order valence-electron chi connectivity index (χ4n) is 4.26. The quantitative estimate of drug-likeness (QED) is 0.661. The Balaban J connectivity index is 1.34. The van der Waals surface area contributed by atoms with Crippen LogP contribution >= 0.6 is 0 Å². The molecule has 0 spiro atoms. The Labute approximate surface area is 190 Å². The lowest BCUT2D eigenvalue weighted by Gasteiger charge is -2.25. The Morgan fingerprint density at radius 2 is 1.72 bits per heavy atom. The first-order chi connectivity index (χ1) is 15.5. The Kier molecular flexibility index (Phi) is 7.62. The molecule has 1 aromatic heterocycles. The summed E-state index contributed by atoms with van der Waals surface area (Å²) in [6.07, 6.45) is 6.53. The van der Waals surface area contributed by atoms with Crippen LogP contribution in [0.5, 0.6) is 0 Å². The zero-order valence-corrected chi connectivity index (χ0v) is 19.2. The number of amides is 1. The van der Waals surface area contributed by atoms with Gasteiger partial charge in [-0.05, 0) is 43.1 Å². The van der Waals surface area contributed by atoms with Crippen molar-refractivity contribution >= 4 is 15.9 Å². The van der Waals surface area contributed by atoms with Gasteiger partial charge in [-0.2, -0.15) is 4.31 Å². The van der Waals surface area contributed by atoms with Crippen molar-refractivity contribution < 1.29 is 17.9 Å². The molecule has 0 aliphatic carbocycles. The lowest BCUT2D eigenvalue weighted by atomic mass is 10.1. The number of H-pyrrole nitrogens is 1. The average molecular weight is 461 g/mol. The molecule has 2 aliphatic rings. The molecule has 2 fully saturated rings. The van der Waals surface area contributed by atoms with Crippen LogP contribution in [0.2, 0.25) is 0 Å². The summed E-state index contributed by atoms with van der Waals surface area (Å²) in [6, 6.07) is 9.68. The zero-order chi connectivity index (χ0) is 22.4. The van der Waals surface area contributed by atoms with Gasteiger partial charge in [0.25, 0.3) is 5.91 Å². The molecule has 174 valence electrons. The van der Waals surface area contributed by atoms with E-state index in [1.165, 1.54) is 47.8 Å². The summed E-state index contributed by atoms with van der Waals surface area (Å²) in [5.74, 6) is -0.327. The van der Waals surface area contributed by atoms with Crippen molar-refractivity contribution in [2.45, 2.75) is 43.7 Å². The van der Waals surface area contributed by atoms with Gasteiger partial charge in [0.1, 0.15) is 10.6 Å². The molecule has 8 nitrogen and oxygen atoms in total. The molecular weight excluding hydrogens is 428 g/mol. The van der Waals surface area contributed by atoms with Crippen molar-refractivity contribution in [3.05, 3.63) is 53.3 Å². The topological polar surface area (TPSA) is 94.7 Å². The van der Waals surface area contributed by atoms with Crippen LogP contribution in [0.1, 0.15) is 47.3 Å². The van der Waals surface area contributed by atoms with Gasteiger partial charge in [-0.3, -0.25) is 9.69 Å². The number of rotatable bonds is 7. The highest BCUT2D eigenvalue weighted by Gasteiger charge is 2.28. The molecule has 2 saturated heterocycles. The SMILES string of the molecule is O=C(NCc1cccc(CN2CCCCCC2)c1)c1cc(S(=O)(=O)N2CCOCC2)c[nH]1. The number of carbonyl (C=O) groups is 1. The fraction of sp³-hybridized carbons (Fsp3) is 0.522. The first-order valence-corrected chi connectivity index (χ1v) is 12.8. The Morgan fingerprint density at radius 1 is 1.00 bits per heavy atom. The van der Waals surface area contributed by atoms with Crippen LogP contribution in [0.3, 0.4) is 0 Å². The van der Waals surface area contributed by atoms with E-state index in [0.717, 1.165) is 25.2 Å². The van der Waals surface area contributed by atoms with Crippen LogP contribution in [-0.4, -0.2) is 67.9 Å². The van der Waals surface area contributed by atoms with Crippen LogP contribution in [0.4, 0.5) is 0 Å². The van der Waals surface area contributed by atoms with Crippen molar-refractivity contribution in [2.24, 2.45) is 0 Å². The van der Waals surface area contributed by atoms with Crippen LogP contribution in [-0.2, 0) is 27.8 Å². The highest BCUT2D eigenvalue weighted by Crippen LogP contribution is 2.18. The van der Waals surface area contributed by atoms with Crippen LogP contribution in [0.25, 0.3) is 0 Å². The van der Waals surface area contributed by atoms with Gasteiger partial charge in [-0.15, -0.1) is 0 Å². The number of hydrogen-bond donors (Lipinski definition) is 2. The molecule has 1 aromatic carbocycles. The molecule has 1 amide bonds. The molecule has 0 bridgehead atoms. The number of nitrogens with zero attached hydrogens (tertiary/aromatic N) is 2. The fourth-order valence-corrected chi connectivity index (χ4v) is 5.66. The van der Waals surface area contributed by atoms with Gasteiger partial charge in [0.2, 0.25) is 10.0 Å². The maximum atomic E-state index is 12.7. The summed E-state index contributed by atoms with van der Waals surface area (Å²) in [5, 5.41) is 2.89. The van der Waals surface area contributed by atoms with E-state index >= 15 is 0 Å². The smallest absolute Gasteiger partial charge is 0.268 e. The largest absolute Gasteiger partial charge is 0.379 e. The van der Waals surface area contributed by atoms with E-state index in [4.69, 9.17) is 4.74 Å². The van der Waals surface area contributed by atoms with Crippen LogP contribution < -0.4 is 5.32 Å². The number of morpholine rings is 1. The van der Waals surface area contributed by atoms with E-state index in [0.29, 0.717) is 32.8 Å². The molecule has 0 atom stereocenters. The highest BCUT2D eigenvalue weighted by atomic mass is 32.2. The minimum atomic E-state index is -3.63. The Hall–Kier alpha value is -2.20. The predicted octanol–water partition coefficient (Wildman–Crippen LogP) is 2.34. The van der Waals surface area contributed by atoms with Crippen molar-refractivity contribution in [1.82, 2.24) is 19.5 Å². The first-order valence-electron chi connectivity index (χ1n) is 11.4. The van der Waals surface area contributed by atoms with Gasteiger partial charge in [-0.1, -0.05) is 37.1 Å². The number of benzene rings is 1. The maximum absolute atomic E-state index is 12.7. The standard InChI is InChI=1S/C23H32N4O4S/c28-23(22-15-21(17-24-22)32(29,30)27-10-12-31-13-11-27)25-16-19-6-5-7-20(14-19)18-26-8-3-1-2-4-9-26/h5-7,14-15,17,24H,1-4,8-13,16,18H2,(H,25,28). The third-order valence-corrected chi connectivity index (χ3v) is 7.93. The lowest BCUT2D eigenvalue weighted by Crippen LogP contribution is -2.40. The summed E-state index contributed by atoms with van der Waals surface area (Å²) >= 11 is 0. The second-order valence-corrected chi connectivity index (χ2v) is 10.4. The number of nitrogens with one attached hydrogen (secondary N) is 2. The van der Waals surface area contributed by atoms with E-state index in [1.54, 1.807) is 0 Å². The maximum Gasteiger partial charge on any atom is 0.268 e.